The summed E-state index contributed by atoms with van der Waals surface area (Å²) in [5.74, 6) is -3.27. The van der Waals surface area contributed by atoms with Crippen molar-refractivity contribution in [1.82, 2.24) is 25.2 Å². The Balaban J connectivity index is 1.44. The van der Waals surface area contributed by atoms with Crippen LogP contribution in [0, 0.1) is 23.5 Å². The van der Waals surface area contributed by atoms with Gasteiger partial charge in [0, 0.05) is 31.2 Å². The molecule has 1 aromatic carbocycles. The van der Waals surface area contributed by atoms with E-state index >= 15 is 0 Å². The number of carbonyl (C=O) groups is 2. The van der Waals surface area contributed by atoms with E-state index in [1.165, 1.54) is 12.3 Å². The molecule has 1 aliphatic heterocycles. The molecule has 0 bridgehead atoms. The third-order valence-electron chi connectivity index (χ3n) is 6.45. The van der Waals surface area contributed by atoms with E-state index in [1.807, 2.05) is 0 Å². The fourth-order valence-electron chi connectivity index (χ4n) is 4.76. The quantitative estimate of drug-likeness (QED) is 0.750. The van der Waals surface area contributed by atoms with Crippen molar-refractivity contribution in [3.63, 3.8) is 0 Å². The van der Waals surface area contributed by atoms with Crippen LogP contribution in [0.4, 0.5) is 8.78 Å². The van der Waals surface area contributed by atoms with Gasteiger partial charge in [-0.3, -0.25) is 14.5 Å². The van der Waals surface area contributed by atoms with Gasteiger partial charge in [-0.25, -0.2) is 13.5 Å². The van der Waals surface area contributed by atoms with Gasteiger partial charge in [-0.15, -0.1) is 5.10 Å². The highest BCUT2D eigenvalue weighted by Gasteiger charge is 2.40. The second kappa shape index (κ2) is 8.70. The summed E-state index contributed by atoms with van der Waals surface area (Å²) in [6, 6.07) is 2.85. The van der Waals surface area contributed by atoms with Crippen molar-refractivity contribution in [2.24, 2.45) is 11.8 Å². The molecule has 2 aliphatic rings. The molecule has 2 fully saturated rings. The summed E-state index contributed by atoms with van der Waals surface area (Å²) in [6.07, 6.45) is 5.14. The molecule has 1 saturated heterocycles. The zero-order valence-electron chi connectivity index (χ0n) is 17.2. The molecule has 10 heteroatoms. The van der Waals surface area contributed by atoms with Gasteiger partial charge in [0.05, 0.1) is 12.1 Å². The van der Waals surface area contributed by atoms with Crippen LogP contribution in [0.1, 0.15) is 43.1 Å². The van der Waals surface area contributed by atoms with E-state index in [2.05, 4.69) is 27.5 Å². The molecule has 1 aliphatic carbocycles. The summed E-state index contributed by atoms with van der Waals surface area (Å²) in [7, 11) is 0. The molecule has 0 spiro atoms. The molecule has 31 heavy (non-hydrogen) atoms. The lowest BCUT2D eigenvalue weighted by Crippen LogP contribution is -2.56. The maximum Gasteiger partial charge on any atom is 0.309 e. The first kappa shape index (κ1) is 21.4. The Kier molecular flexibility index (Phi) is 5.99. The second-order valence-electron chi connectivity index (χ2n) is 8.43. The molecule has 4 atom stereocenters. The van der Waals surface area contributed by atoms with Gasteiger partial charge in [-0.1, -0.05) is 18.6 Å². The minimum absolute atomic E-state index is 0.0460. The predicted molar refractivity (Wildman–Crippen MR) is 107 cm³/mol. The Morgan fingerprint density at radius 1 is 1.23 bits per heavy atom. The molecular formula is C21H25F2N5O3. The summed E-state index contributed by atoms with van der Waals surface area (Å²) in [4.78, 5) is 26.8. The van der Waals surface area contributed by atoms with E-state index in [9.17, 15) is 23.5 Å². The van der Waals surface area contributed by atoms with E-state index in [-0.39, 0.29) is 11.4 Å². The Hall–Kier alpha value is -2.88. The van der Waals surface area contributed by atoms with Crippen LogP contribution in [0.2, 0.25) is 0 Å². The number of carbonyl (C=O) groups excluding carboxylic acids is 1. The molecule has 166 valence electrons. The standard InChI is InChI=1S/C21H25F2N5O3/c1-12-3-2-4-18(12)27-8-7-16(14(10-27)21(30)31)24-20(29)17-11-28(26-25-17)19-6-5-13(22)9-15(19)23/h5-6,9,11-12,14,16,18H,2-4,7-8,10H2,1H3,(H,24,29)(H,30,31). The third-order valence-corrected chi connectivity index (χ3v) is 6.45. The van der Waals surface area contributed by atoms with Crippen LogP contribution >= 0.6 is 0 Å². The van der Waals surface area contributed by atoms with Crippen LogP contribution in [-0.2, 0) is 4.79 Å². The molecule has 1 aromatic heterocycles. The Morgan fingerprint density at radius 3 is 2.71 bits per heavy atom. The monoisotopic (exact) mass is 433 g/mol. The highest BCUT2D eigenvalue weighted by Crippen LogP contribution is 2.32. The fraction of sp³-hybridized carbons (Fsp3) is 0.524. The van der Waals surface area contributed by atoms with Gasteiger partial charge in [0.2, 0.25) is 0 Å². The average molecular weight is 433 g/mol. The molecule has 4 unspecified atom stereocenters. The molecule has 2 heterocycles. The number of piperidine rings is 1. The summed E-state index contributed by atoms with van der Waals surface area (Å²) in [6.45, 7) is 3.31. The average Bonchev–Trinajstić information content (AvgIpc) is 3.37. The lowest BCUT2D eigenvalue weighted by Gasteiger charge is -2.41. The number of hydrogen-bond donors (Lipinski definition) is 2. The van der Waals surface area contributed by atoms with Crippen molar-refractivity contribution in [1.29, 1.82) is 0 Å². The second-order valence-corrected chi connectivity index (χ2v) is 8.43. The highest BCUT2D eigenvalue weighted by molar-refractivity contribution is 5.92. The largest absolute Gasteiger partial charge is 0.481 e. The minimum atomic E-state index is -0.947. The van der Waals surface area contributed by atoms with Crippen molar-refractivity contribution >= 4 is 11.9 Å². The lowest BCUT2D eigenvalue weighted by molar-refractivity contribution is -0.145. The zero-order valence-corrected chi connectivity index (χ0v) is 17.2. The first-order valence-electron chi connectivity index (χ1n) is 10.5. The van der Waals surface area contributed by atoms with Crippen molar-refractivity contribution in [3.05, 3.63) is 41.7 Å². The number of aliphatic carboxylic acids is 1. The number of amides is 1. The summed E-state index contributed by atoms with van der Waals surface area (Å²) >= 11 is 0. The van der Waals surface area contributed by atoms with Crippen molar-refractivity contribution in [3.8, 4) is 5.69 Å². The van der Waals surface area contributed by atoms with Gasteiger partial charge in [-0.05, 0) is 37.3 Å². The van der Waals surface area contributed by atoms with Crippen LogP contribution in [0.3, 0.4) is 0 Å². The molecule has 2 aromatic rings. The highest BCUT2D eigenvalue weighted by atomic mass is 19.1. The zero-order chi connectivity index (χ0) is 22.1. The molecule has 1 amide bonds. The van der Waals surface area contributed by atoms with Crippen LogP contribution in [0.25, 0.3) is 5.69 Å². The van der Waals surface area contributed by atoms with Crippen molar-refractivity contribution < 1.29 is 23.5 Å². The summed E-state index contributed by atoms with van der Waals surface area (Å²) in [5.41, 5.74) is -0.116. The third kappa shape index (κ3) is 4.43. The molecular weight excluding hydrogens is 408 g/mol. The van der Waals surface area contributed by atoms with E-state index in [1.54, 1.807) is 0 Å². The topological polar surface area (TPSA) is 100 Å². The number of benzene rings is 1. The maximum absolute atomic E-state index is 14.0. The van der Waals surface area contributed by atoms with Gasteiger partial charge in [-0.2, -0.15) is 0 Å². The molecule has 0 radical (unpaired) electrons. The van der Waals surface area contributed by atoms with Crippen molar-refractivity contribution in [2.75, 3.05) is 13.1 Å². The maximum atomic E-state index is 14.0. The molecule has 4 rings (SSSR count). The summed E-state index contributed by atoms with van der Waals surface area (Å²) in [5, 5.41) is 20.0. The number of halogens is 2. The van der Waals surface area contributed by atoms with E-state index in [0.717, 1.165) is 36.6 Å². The molecule has 2 N–H and O–H groups in total. The number of hydrogen-bond acceptors (Lipinski definition) is 5. The Bertz CT molecular complexity index is 982. The number of likely N-dealkylation sites (tertiary alicyclic amines) is 1. The normalized spacial score (nSPS) is 26.7. The van der Waals surface area contributed by atoms with Gasteiger partial charge < -0.3 is 10.4 Å². The smallest absolute Gasteiger partial charge is 0.309 e. The number of carboxylic acids is 1. The van der Waals surface area contributed by atoms with Gasteiger partial charge >= 0.3 is 5.97 Å². The lowest BCUT2D eigenvalue weighted by atomic mass is 9.89. The fourth-order valence-corrected chi connectivity index (χ4v) is 4.76. The number of carboxylic acid groups (broad SMARTS) is 1. The summed E-state index contributed by atoms with van der Waals surface area (Å²) < 4.78 is 28.1. The van der Waals surface area contributed by atoms with Gasteiger partial charge in [0.1, 0.15) is 11.5 Å². The molecule has 1 saturated carbocycles. The first-order valence-corrected chi connectivity index (χ1v) is 10.5. The Labute approximate surface area is 178 Å². The van der Waals surface area contributed by atoms with Crippen LogP contribution in [0.5, 0.6) is 0 Å². The van der Waals surface area contributed by atoms with E-state index < -0.39 is 35.5 Å². The predicted octanol–water partition coefficient (Wildman–Crippen LogP) is 2.24. The number of aromatic nitrogens is 3. The van der Waals surface area contributed by atoms with E-state index in [4.69, 9.17) is 0 Å². The van der Waals surface area contributed by atoms with Crippen LogP contribution in [0.15, 0.2) is 24.4 Å². The number of nitrogens with zero attached hydrogens (tertiary/aromatic N) is 4. The SMILES string of the molecule is CC1CCCC1N1CCC(NC(=O)c2cn(-c3ccc(F)cc3F)nn2)C(C(=O)O)C1. The van der Waals surface area contributed by atoms with Gasteiger partial charge in [0.15, 0.2) is 11.5 Å². The van der Waals surface area contributed by atoms with Crippen molar-refractivity contribution in [2.45, 2.75) is 44.7 Å². The Morgan fingerprint density at radius 2 is 2.03 bits per heavy atom. The van der Waals surface area contributed by atoms with E-state index in [0.29, 0.717) is 31.0 Å². The number of nitrogens with one attached hydrogen (secondary N) is 1. The van der Waals surface area contributed by atoms with Gasteiger partial charge in [0.25, 0.3) is 5.91 Å². The first-order chi connectivity index (χ1) is 14.8. The van der Waals surface area contributed by atoms with Crippen LogP contribution in [-0.4, -0.2) is 62.0 Å². The molecule has 8 nitrogen and oxygen atoms in total. The number of rotatable bonds is 5. The minimum Gasteiger partial charge on any atom is -0.481 e. The van der Waals surface area contributed by atoms with Crippen LogP contribution < -0.4 is 5.32 Å².